The van der Waals surface area contributed by atoms with Crippen LogP contribution in [0.25, 0.3) is 11.3 Å². The Kier molecular flexibility index (Phi) is 6.89. The van der Waals surface area contributed by atoms with Crippen molar-refractivity contribution in [3.8, 4) is 11.3 Å². The first-order valence-electron chi connectivity index (χ1n) is 10.9. The molecule has 0 unspecified atom stereocenters. The summed E-state index contributed by atoms with van der Waals surface area (Å²) in [5.41, 5.74) is 2.04. The fourth-order valence-electron chi connectivity index (χ4n) is 4.00. The van der Waals surface area contributed by atoms with Crippen molar-refractivity contribution in [1.29, 1.82) is 0 Å². The summed E-state index contributed by atoms with van der Waals surface area (Å²) in [5, 5.41) is 4.10. The number of alkyl carbamates (subject to hydrolysis) is 1. The van der Waals surface area contributed by atoms with Gasteiger partial charge < -0.3 is 19.9 Å². The van der Waals surface area contributed by atoms with Crippen LogP contribution in [0.2, 0.25) is 19.6 Å². The number of hydrogen-bond donors (Lipinski definition) is 2. The van der Waals surface area contributed by atoms with Crippen molar-refractivity contribution < 1.29 is 14.3 Å². The molecule has 7 nitrogen and oxygen atoms in total. The lowest BCUT2D eigenvalue weighted by Gasteiger charge is -2.30. The lowest BCUT2D eigenvalue weighted by Crippen LogP contribution is -2.51. The summed E-state index contributed by atoms with van der Waals surface area (Å²) in [6.07, 6.45) is 2.99. The number of benzene rings is 1. The highest BCUT2D eigenvalue weighted by atomic mass is 28.3. The summed E-state index contributed by atoms with van der Waals surface area (Å²) in [6, 6.07) is 7.94. The van der Waals surface area contributed by atoms with E-state index in [2.05, 4.69) is 59.2 Å². The summed E-state index contributed by atoms with van der Waals surface area (Å²) in [6.45, 7) is 11.5. The Hall–Kier alpha value is -2.61. The minimum Gasteiger partial charge on any atom is -0.453 e. The van der Waals surface area contributed by atoms with Gasteiger partial charge in [-0.3, -0.25) is 4.79 Å². The molecule has 2 amide bonds. The van der Waals surface area contributed by atoms with Crippen molar-refractivity contribution in [1.82, 2.24) is 20.2 Å². The standard InChI is InChI=1S/C23H34N4O3Si/c1-15(2)20(26-23(29)30-3)22(28)27-13-7-8-19(27)21-24-14-18(25-21)16-9-11-17(12-10-16)31(4,5)6/h9-12,14-15,19-20H,7-8,13H2,1-6H3,(H,24,25)(H,26,29)/t19-,20-/m0/s1. The van der Waals surface area contributed by atoms with Crippen molar-refractivity contribution in [2.24, 2.45) is 5.92 Å². The van der Waals surface area contributed by atoms with Crippen molar-refractivity contribution in [3.63, 3.8) is 0 Å². The Labute approximate surface area is 185 Å². The Bertz CT molecular complexity index is 918. The third-order valence-corrected chi connectivity index (χ3v) is 7.97. The number of amides is 2. The summed E-state index contributed by atoms with van der Waals surface area (Å²) >= 11 is 0. The van der Waals surface area contributed by atoms with Crippen molar-refractivity contribution in [3.05, 3.63) is 36.3 Å². The molecule has 2 aromatic rings. The van der Waals surface area contributed by atoms with Crippen LogP contribution in [0.3, 0.4) is 0 Å². The number of hydrogen-bond acceptors (Lipinski definition) is 4. The fraction of sp³-hybridized carbons (Fsp3) is 0.522. The van der Waals surface area contributed by atoms with Gasteiger partial charge in [0.05, 0.1) is 33.1 Å². The van der Waals surface area contributed by atoms with Crippen molar-refractivity contribution >= 4 is 25.3 Å². The zero-order valence-corrected chi connectivity index (χ0v) is 20.4. The van der Waals surface area contributed by atoms with Crippen LogP contribution in [0.4, 0.5) is 4.79 Å². The average molecular weight is 443 g/mol. The van der Waals surface area contributed by atoms with Gasteiger partial charge in [-0.1, -0.05) is 62.9 Å². The topological polar surface area (TPSA) is 87.3 Å². The predicted molar refractivity (Wildman–Crippen MR) is 125 cm³/mol. The van der Waals surface area contributed by atoms with E-state index < -0.39 is 20.2 Å². The maximum Gasteiger partial charge on any atom is 0.407 e. The first-order valence-corrected chi connectivity index (χ1v) is 14.4. The highest BCUT2D eigenvalue weighted by Crippen LogP contribution is 2.32. The summed E-state index contributed by atoms with van der Waals surface area (Å²) in [7, 11) is -0.0366. The molecule has 1 fully saturated rings. The Morgan fingerprint density at radius 1 is 1.23 bits per heavy atom. The number of aromatic amines is 1. The van der Waals surface area contributed by atoms with Gasteiger partial charge in [-0.05, 0) is 24.3 Å². The molecule has 168 valence electrons. The van der Waals surface area contributed by atoms with E-state index in [1.54, 1.807) is 0 Å². The number of carbonyl (C=O) groups is 2. The molecule has 1 aromatic heterocycles. The number of H-pyrrole nitrogens is 1. The number of carbonyl (C=O) groups excluding carboxylic acids is 2. The van der Waals surface area contributed by atoms with E-state index in [9.17, 15) is 9.59 Å². The Morgan fingerprint density at radius 2 is 1.90 bits per heavy atom. The number of likely N-dealkylation sites (tertiary alicyclic amines) is 1. The molecule has 2 heterocycles. The van der Waals surface area contributed by atoms with Crippen LogP contribution in [0.1, 0.15) is 38.6 Å². The van der Waals surface area contributed by atoms with Crippen LogP contribution < -0.4 is 10.5 Å². The first-order chi connectivity index (χ1) is 14.6. The molecule has 0 bridgehead atoms. The van der Waals surface area contributed by atoms with E-state index in [0.29, 0.717) is 6.54 Å². The van der Waals surface area contributed by atoms with Crippen LogP contribution in [0, 0.1) is 5.92 Å². The van der Waals surface area contributed by atoms with E-state index in [1.165, 1.54) is 12.3 Å². The van der Waals surface area contributed by atoms with E-state index in [4.69, 9.17) is 4.74 Å². The van der Waals surface area contributed by atoms with Gasteiger partial charge in [-0.25, -0.2) is 9.78 Å². The molecular formula is C23H34N4O3Si. The quantitative estimate of drug-likeness (QED) is 0.668. The molecule has 0 aliphatic carbocycles. The maximum absolute atomic E-state index is 13.2. The molecular weight excluding hydrogens is 408 g/mol. The molecule has 0 saturated carbocycles. The maximum atomic E-state index is 13.2. The average Bonchev–Trinajstić information content (AvgIpc) is 3.39. The molecule has 3 rings (SSSR count). The van der Waals surface area contributed by atoms with Crippen LogP contribution in [0.5, 0.6) is 0 Å². The van der Waals surface area contributed by atoms with E-state index in [-0.39, 0.29) is 17.9 Å². The largest absolute Gasteiger partial charge is 0.453 e. The number of rotatable bonds is 6. The van der Waals surface area contributed by atoms with Crippen LogP contribution in [0.15, 0.2) is 30.5 Å². The third-order valence-electron chi connectivity index (χ3n) is 5.90. The van der Waals surface area contributed by atoms with Gasteiger partial charge in [-0.15, -0.1) is 0 Å². The molecule has 2 atom stereocenters. The van der Waals surface area contributed by atoms with Gasteiger partial charge in [-0.2, -0.15) is 0 Å². The Morgan fingerprint density at radius 3 is 2.48 bits per heavy atom. The zero-order chi connectivity index (χ0) is 22.8. The van der Waals surface area contributed by atoms with Crippen LogP contribution in [-0.4, -0.2) is 54.6 Å². The molecule has 2 N–H and O–H groups in total. The minimum absolute atomic E-state index is 0.0510. The first kappa shape index (κ1) is 23.1. The number of nitrogens with zero attached hydrogens (tertiary/aromatic N) is 2. The number of imidazole rings is 1. The van der Waals surface area contributed by atoms with Gasteiger partial charge in [0.15, 0.2) is 0 Å². The fourth-order valence-corrected chi connectivity index (χ4v) is 5.16. The van der Waals surface area contributed by atoms with Crippen LogP contribution in [-0.2, 0) is 9.53 Å². The minimum atomic E-state index is -1.34. The molecule has 1 saturated heterocycles. The normalized spacial score (nSPS) is 17.6. The predicted octanol–water partition coefficient (Wildman–Crippen LogP) is 3.67. The second kappa shape index (κ2) is 9.26. The van der Waals surface area contributed by atoms with Gasteiger partial charge >= 0.3 is 6.09 Å². The van der Waals surface area contributed by atoms with E-state index >= 15 is 0 Å². The molecule has 31 heavy (non-hydrogen) atoms. The second-order valence-electron chi connectivity index (χ2n) is 9.56. The van der Waals surface area contributed by atoms with E-state index in [0.717, 1.165) is 29.9 Å². The highest BCUT2D eigenvalue weighted by molar-refractivity contribution is 6.88. The lowest BCUT2D eigenvalue weighted by atomic mass is 10.0. The van der Waals surface area contributed by atoms with Crippen LogP contribution >= 0.6 is 0 Å². The molecule has 0 radical (unpaired) electrons. The van der Waals surface area contributed by atoms with Gasteiger partial charge in [0.1, 0.15) is 11.9 Å². The number of aromatic nitrogens is 2. The molecule has 1 aliphatic rings. The second-order valence-corrected chi connectivity index (χ2v) is 14.6. The van der Waals surface area contributed by atoms with E-state index in [1.807, 2.05) is 24.9 Å². The lowest BCUT2D eigenvalue weighted by molar-refractivity contribution is -0.135. The summed E-state index contributed by atoms with van der Waals surface area (Å²) in [4.78, 5) is 34.8. The highest BCUT2D eigenvalue weighted by Gasteiger charge is 2.37. The number of methoxy groups -OCH3 is 1. The number of nitrogens with one attached hydrogen (secondary N) is 2. The molecule has 1 aliphatic heterocycles. The van der Waals surface area contributed by atoms with Gasteiger partial charge in [0.2, 0.25) is 5.91 Å². The molecule has 1 aromatic carbocycles. The summed E-state index contributed by atoms with van der Waals surface area (Å²) in [5.74, 6) is 0.640. The van der Waals surface area contributed by atoms with Crippen molar-refractivity contribution in [2.75, 3.05) is 13.7 Å². The third kappa shape index (κ3) is 5.18. The smallest absolute Gasteiger partial charge is 0.407 e. The molecule has 0 spiro atoms. The summed E-state index contributed by atoms with van der Waals surface area (Å²) < 4.78 is 4.70. The molecule has 8 heteroatoms. The van der Waals surface area contributed by atoms with Gasteiger partial charge in [0.25, 0.3) is 0 Å². The van der Waals surface area contributed by atoms with Gasteiger partial charge in [0, 0.05) is 6.54 Å². The zero-order valence-electron chi connectivity index (χ0n) is 19.4. The monoisotopic (exact) mass is 442 g/mol. The van der Waals surface area contributed by atoms with Crippen molar-refractivity contribution in [2.45, 2.75) is 58.4 Å². The SMILES string of the molecule is COC(=O)N[C@H](C(=O)N1CCC[C@H]1c1ncc(-c2ccc([Si](C)(C)C)cc2)[nH]1)C(C)C. The Balaban J connectivity index is 1.79. The number of ether oxygens (including phenoxy) is 1.